The number of hydrogen-bond donors (Lipinski definition) is 4. The van der Waals surface area contributed by atoms with Gasteiger partial charge in [-0.1, -0.05) is 31.0 Å². The van der Waals surface area contributed by atoms with E-state index in [0.717, 1.165) is 42.3 Å². The molecule has 37 heavy (non-hydrogen) atoms. The van der Waals surface area contributed by atoms with Crippen LogP contribution in [0.15, 0.2) is 24.3 Å². The topological polar surface area (TPSA) is 141 Å². The summed E-state index contributed by atoms with van der Waals surface area (Å²) in [4.78, 5) is 56.4. The minimum absolute atomic E-state index is 0.0396. The molecule has 0 aliphatic carbocycles. The predicted octanol–water partition coefficient (Wildman–Crippen LogP) is 2.27. The lowest BCUT2D eigenvalue weighted by Crippen LogP contribution is -2.52. The van der Waals surface area contributed by atoms with Crippen LogP contribution in [0.2, 0.25) is 18.1 Å². The van der Waals surface area contributed by atoms with E-state index in [-0.39, 0.29) is 18.2 Å². The van der Waals surface area contributed by atoms with Crippen molar-refractivity contribution < 1.29 is 29.0 Å². The summed E-state index contributed by atoms with van der Waals surface area (Å²) < 4.78 is 5.43. The number of piperidine rings is 1. The fourth-order valence-electron chi connectivity index (χ4n) is 6.40. The van der Waals surface area contributed by atoms with Gasteiger partial charge in [0, 0.05) is 29.5 Å². The SMILES string of the molecule is COc1cccc2[nH]c(C(=O)N3C[Si]4(CCCC4)CC3C(=O)NC(C[C@@H]3CCCNC3=O)C(=O)O)cc12. The van der Waals surface area contributed by atoms with Crippen LogP contribution in [0.1, 0.15) is 42.6 Å². The summed E-state index contributed by atoms with van der Waals surface area (Å²) in [5.74, 6) is -1.83. The number of H-pyrrole nitrogens is 1. The molecule has 3 atom stereocenters. The number of amides is 3. The number of aromatic nitrogens is 1. The molecule has 3 aliphatic rings. The van der Waals surface area contributed by atoms with Gasteiger partial charge in [0.05, 0.1) is 15.2 Å². The number of rotatable bonds is 7. The average molecular weight is 527 g/mol. The number of hydrogen-bond acceptors (Lipinski definition) is 5. The van der Waals surface area contributed by atoms with Crippen LogP contribution in [-0.4, -0.2) is 78.7 Å². The largest absolute Gasteiger partial charge is 0.496 e. The molecule has 4 heterocycles. The summed E-state index contributed by atoms with van der Waals surface area (Å²) in [5, 5.41) is 16.1. The lowest BCUT2D eigenvalue weighted by Gasteiger charge is -2.28. The molecule has 1 aromatic heterocycles. The fourth-order valence-corrected chi connectivity index (χ4v) is 11.8. The Hall–Kier alpha value is -3.34. The predicted molar refractivity (Wildman–Crippen MR) is 139 cm³/mol. The van der Waals surface area contributed by atoms with E-state index in [4.69, 9.17) is 4.74 Å². The Balaban J connectivity index is 1.38. The molecule has 4 N–H and O–H groups in total. The first kappa shape index (κ1) is 25.3. The number of carbonyl (C=O) groups is 4. The van der Waals surface area contributed by atoms with E-state index in [1.807, 2.05) is 18.2 Å². The van der Waals surface area contributed by atoms with Crippen LogP contribution < -0.4 is 15.4 Å². The van der Waals surface area contributed by atoms with Gasteiger partial charge in [-0.15, -0.1) is 0 Å². The molecule has 3 fully saturated rings. The molecule has 3 aliphatic heterocycles. The van der Waals surface area contributed by atoms with Gasteiger partial charge in [0.25, 0.3) is 5.91 Å². The Morgan fingerprint density at radius 3 is 2.73 bits per heavy atom. The van der Waals surface area contributed by atoms with E-state index >= 15 is 0 Å². The second kappa shape index (κ2) is 10.2. The number of aromatic amines is 1. The summed E-state index contributed by atoms with van der Waals surface area (Å²) in [7, 11) is -0.269. The number of carbonyl (C=O) groups excluding carboxylic acids is 3. The summed E-state index contributed by atoms with van der Waals surface area (Å²) in [5.41, 5.74) is 1.16. The number of nitrogens with zero attached hydrogens (tertiary/aromatic N) is 1. The van der Waals surface area contributed by atoms with Crippen LogP contribution in [0.4, 0.5) is 0 Å². The van der Waals surface area contributed by atoms with E-state index < -0.39 is 38.0 Å². The van der Waals surface area contributed by atoms with E-state index in [2.05, 4.69) is 15.6 Å². The highest BCUT2D eigenvalue weighted by Crippen LogP contribution is 2.41. The molecular weight excluding hydrogens is 492 g/mol. The standard InChI is InChI=1S/C26H34N4O6Si/c1-36-22-8-4-7-18-17(22)13-19(28-18)25(33)30-15-37(10-2-3-11-37)14-21(30)24(32)29-20(26(34)35)12-16-6-5-9-27-23(16)31/h4,7-8,13,16,20-21,28H,2-3,5-6,9-12,14-15H2,1H3,(H,27,31)(H,29,32)(H,34,35)/t16-,20?,21?/m0/s1. The van der Waals surface area contributed by atoms with Gasteiger partial charge >= 0.3 is 5.97 Å². The number of nitrogens with one attached hydrogen (secondary N) is 3. The van der Waals surface area contributed by atoms with Gasteiger partial charge in [0.1, 0.15) is 23.5 Å². The Bertz CT molecular complexity index is 1220. The molecule has 5 rings (SSSR count). The summed E-state index contributed by atoms with van der Waals surface area (Å²) in [6.07, 6.45) is 4.24. The number of fused-ring (bicyclic) bond motifs is 1. The number of carboxylic acids is 1. The Labute approximate surface area is 216 Å². The van der Waals surface area contributed by atoms with Crippen molar-refractivity contribution >= 4 is 42.7 Å². The van der Waals surface area contributed by atoms with Gasteiger partial charge in [-0.25, -0.2) is 4.79 Å². The second-order valence-electron chi connectivity index (χ2n) is 10.7. The zero-order valence-electron chi connectivity index (χ0n) is 21.0. The highest BCUT2D eigenvalue weighted by molar-refractivity contribution is 6.82. The number of methoxy groups -OCH3 is 1. The lowest BCUT2D eigenvalue weighted by atomic mass is 9.91. The first-order chi connectivity index (χ1) is 17.8. The Kier molecular flexibility index (Phi) is 6.97. The van der Waals surface area contributed by atoms with Crippen molar-refractivity contribution in [3.8, 4) is 5.75 Å². The van der Waals surface area contributed by atoms with Crippen molar-refractivity contribution in [1.29, 1.82) is 0 Å². The van der Waals surface area contributed by atoms with Crippen LogP contribution in [0.5, 0.6) is 5.75 Å². The first-order valence-corrected chi connectivity index (χ1v) is 15.9. The lowest BCUT2D eigenvalue weighted by molar-refractivity contribution is -0.143. The smallest absolute Gasteiger partial charge is 0.326 e. The van der Waals surface area contributed by atoms with Gasteiger partial charge < -0.3 is 30.4 Å². The zero-order chi connectivity index (χ0) is 26.2. The summed E-state index contributed by atoms with van der Waals surface area (Å²) >= 11 is 0. The number of benzene rings is 1. The number of ether oxygens (including phenoxy) is 1. The quantitative estimate of drug-likeness (QED) is 0.408. The highest BCUT2D eigenvalue weighted by Gasteiger charge is 2.52. The van der Waals surface area contributed by atoms with Crippen LogP contribution in [0.3, 0.4) is 0 Å². The molecule has 0 saturated carbocycles. The molecule has 0 bridgehead atoms. The molecule has 1 spiro atoms. The molecule has 10 nitrogen and oxygen atoms in total. The van der Waals surface area contributed by atoms with Gasteiger partial charge in [0.2, 0.25) is 11.8 Å². The molecule has 0 radical (unpaired) electrons. The monoisotopic (exact) mass is 526 g/mol. The summed E-state index contributed by atoms with van der Waals surface area (Å²) in [6.45, 7) is 0.588. The highest BCUT2D eigenvalue weighted by atomic mass is 28.3. The minimum Gasteiger partial charge on any atom is -0.496 e. The van der Waals surface area contributed by atoms with Crippen LogP contribution in [0.25, 0.3) is 10.9 Å². The van der Waals surface area contributed by atoms with Gasteiger partial charge in [-0.05, 0) is 43.5 Å². The normalized spacial score (nSPS) is 23.7. The van der Waals surface area contributed by atoms with Gasteiger partial charge in [-0.3, -0.25) is 14.4 Å². The van der Waals surface area contributed by atoms with E-state index in [1.165, 1.54) is 0 Å². The van der Waals surface area contributed by atoms with Crippen molar-refractivity contribution in [3.05, 3.63) is 30.0 Å². The van der Waals surface area contributed by atoms with Crippen LogP contribution in [0, 0.1) is 5.92 Å². The molecule has 11 heteroatoms. The van der Waals surface area contributed by atoms with Gasteiger partial charge in [0.15, 0.2) is 0 Å². The van der Waals surface area contributed by atoms with Crippen molar-refractivity contribution in [2.45, 2.75) is 62.3 Å². The minimum atomic E-state index is -1.85. The molecule has 198 valence electrons. The number of aliphatic carboxylic acids is 1. The van der Waals surface area contributed by atoms with Crippen molar-refractivity contribution in [2.75, 3.05) is 19.8 Å². The Morgan fingerprint density at radius 1 is 1.24 bits per heavy atom. The summed E-state index contributed by atoms with van der Waals surface area (Å²) in [6, 6.07) is 8.20. The average Bonchev–Trinajstić information content (AvgIpc) is 3.63. The molecule has 3 amide bonds. The number of carboxylic acid groups (broad SMARTS) is 1. The van der Waals surface area contributed by atoms with Crippen molar-refractivity contribution in [1.82, 2.24) is 20.5 Å². The third kappa shape index (κ3) is 4.96. The second-order valence-corrected chi connectivity index (χ2v) is 15.5. The van der Waals surface area contributed by atoms with Crippen LogP contribution >= 0.6 is 0 Å². The van der Waals surface area contributed by atoms with E-state index in [1.54, 1.807) is 18.1 Å². The molecule has 2 unspecified atom stereocenters. The van der Waals surface area contributed by atoms with E-state index in [9.17, 15) is 24.3 Å². The maximum absolute atomic E-state index is 13.8. The maximum Gasteiger partial charge on any atom is 0.326 e. The van der Waals surface area contributed by atoms with Crippen LogP contribution in [-0.2, 0) is 14.4 Å². The zero-order valence-corrected chi connectivity index (χ0v) is 22.0. The third-order valence-corrected chi connectivity index (χ3v) is 13.4. The Morgan fingerprint density at radius 2 is 2.03 bits per heavy atom. The fraction of sp³-hybridized carbons (Fsp3) is 0.538. The third-order valence-electron chi connectivity index (χ3n) is 8.34. The van der Waals surface area contributed by atoms with Crippen molar-refractivity contribution in [3.63, 3.8) is 0 Å². The maximum atomic E-state index is 13.8. The molecular formula is C26H34N4O6Si. The molecule has 1 aromatic carbocycles. The molecule has 3 saturated heterocycles. The molecule has 2 aromatic rings. The first-order valence-electron chi connectivity index (χ1n) is 13.1. The van der Waals surface area contributed by atoms with Gasteiger partial charge in [-0.2, -0.15) is 0 Å². The van der Waals surface area contributed by atoms with Crippen molar-refractivity contribution in [2.24, 2.45) is 5.92 Å². The van der Waals surface area contributed by atoms with E-state index in [0.29, 0.717) is 36.6 Å².